The van der Waals surface area contributed by atoms with Crippen LogP contribution in [-0.2, 0) is 44.6 Å². The van der Waals surface area contributed by atoms with Crippen molar-refractivity contribution in [1.29, 1.82) is 0 Å². The molecule has 7 heteroatoms. The largest absolute Gasteiger partial charge is 0.368 e. The molecule has 4 aromatic carbocycles. The van der Waals surface area contributed by atoms with Crippen LogP contribution in [0.4, 0.5) is 0 Å². The number of para-hydroxylation sites is 1. The van der Waals surface area contributed by atoms with E-state index in [1.165, 1.54) is 11.3 Å². The summed E-state index contributed by atoms with van der Waals surface area (Å²) in [6.45, 7) is 2.85. The molecule has 0 aliphatic carbocycles. The molecule has 1 fully saturated rings. The van der Waals surface area contributed by atoms with Gasteiger partial charge in [-0.15, -0.1) is 11.3 Å². The Kier molecular flexibility index (Phi) is 8.53. The van der Waals surface area contributed by atoms with E-state index < -0.39 is 30.2 Å². The van der Waals surface area contributed by atoms with Crippen LogP contribution in [0.25, 0.3) is 10.2 Å². The van der Waals surface area contributed by atoms with Gasteiger partial charge in [-0.2, -0.15) is 0 Å². The molecule has 6 nitrogen and oxygen atoms in total. The zero-order chi connectivity index (χ0) is 28.1. The fraction of sp³-hybridized carbons (Fsp3) is 0.265. The van der Waals surface area contributed by atoms with Crippen molar-refractivity contribution >= 4 is 21.6 Å². The van der Waals surface area contributed by atoms with Crippen LogP contribution in [0, 0.1) is 0 Å². The Morgan fingerprint density at radius 3 is 1.73 bits per heavy atom. The first-order valence-electron chi connectivity index (χ1n) is 13.8. The van der Waals surface area contributed by atoms with Gasteiger partial charge in [0.25, 0.3) is 0 Å². The van der Waals surface area contributed by atoms with Gasteiger partial charge in [0.2, 0.25) is 5.79 Å². The summed E-state index contributed by atoms with van der Waals surface area (Å²) in [6, 6.07) is 37.7. The summed E-state index contributed by atoms with van der Waals surface area (Å²) in [6.07, 6.45) is -2.63. The lowest BCUT2D eigenvalue weighted by molar-refractivity contribution is -0.371. The van der Waals surface area contributed by atoms with Crippen molar-refractivity contribution in [1.82, 2.24) is 4.98 Å². The van der Waals surface area contributed by atoms with Crippen molar-refractivity contribution in [2.45, 2.75) is 56.9 Å². The van der Waals surface area contributed by atoms with Gasteiger partial charge in [0, 0.05) is 0 Å². The van der Waals surface area contributed by atoms with E-state index in [-0.39, 0.29) is 6.61 Å². The average molecular weight is 568 g/mol. The van der Waals surface area contributed by atoms with E-state index in [1.54, 1.807) is 0 Å². The second-order valence-corrected chi connectivity index (χ2v) is 11.3. The molecule has 0 amide bonds. The molecule has 2 heterocycles. The molecule has 1 aliphatic heterocycles. The average Bonchev–Trinajstić information content (AvgIpc) is 3.46. The van der Waals surface area contributed by atoms with Crippen LogP contribution >= 0.6 is 11.3 Å². The Morgan fingerprint density at radius 1 is 0.683 bits per heavy atom. The molecule has 0 spiro atoms. The second-order valence-electron chi connectivity index (χ2n) is 10.2. The third-order valence-electron chi connectivity index (χ3n) is 7.28. The number of hydrogen-bond donors (Lipinski definition) is 1. The maximum atomic E-state index is 12.4. The van der Waals surface area contributed by atoms with Crippen molar-refractivity contribution in [2.75, 3.05) is 0 Å². The minimum Gasteiger partial charge on any atom is -0.368 e. The topological polar surface area (TPSA) is 70.0 Å². The molecule has 5 atom stereocenters. The third-order valence-corrected chi connectivity index (χ3v) is 8.42. The van der Waals surface area contributed by atoms with Crippen LogP contribution in [-0.4, -0.2) is 34.5 Å². The first-order valence-corrected chi connectivity index (χ1v) is 14.6. The molecule has 0 radical (unpaired) electrons. The first kappa shape index (κ1) is 27.7. The Morgan fingerprint density at radius 2 is 1.17 bits per heavy atom. The van der Waals surface area contributed by atoms with Crippen molar-refractivity contribution < 1.29 is 24.1 Å². The monoisotopic (exact) mass is 567 g/mol. The van der Waals surface area contributed by atoms with E-state index >= 15 is 0 Å². The lowest BCUT2D eigenvalue weighted by Crippen LogP contribution is -2.64. The van der Waals surface area contributed by atoms with Crippen LogP contribution in [0.3, 0.4) is 0 Å². The predicted octanol–water partition coefficient (Wildman–Crippen LogP) is 6.62. The summed E-state index contributed by atoms with van der Waals surface area (Å²) in [5.41, 5.74) is 3.82. The van der Waals surface area contributed by atoms with Crippen molar-refractivity contribution in [2.24, 2.45) is 0 Å². The number of fused-ring (bicyclic) bond motifs is 1. The molecule has 1 N–H and O–H groups in total. The van der Waals surface area contributed by atoms with Crippen LogP contribution in [0.15, 0.2) is 115 Å². The van der Waals surface area contributed by atoms with Gasteiger partial charge in [0.1, 0.15) is 18.3 Å². The molecule has 0 saturated carbocycles. The molecular weight excluding hydrogens is 534 g/mol. The fourth-order valence-electron chi connectivity index (χ4n) is 5.19. The van der Waals surface area contributed by atoms with E-state index in [4.69, 9.17) is 23.9 Å². The molecule has 0 bridgehead atoms. The number of ether oxygens (including phenoxy) is 4. The third kappa shape index (κ3) is 6.26. The summed E-state index contributed by atoms with van der Waals surface area (Å²) in [5.74, 6) is -1.86. The van der Waals surface area contributed by atoms with E-state index in [0.29, 0.717) is 18.2 Å². The van der Waals surface area contributed by atoms with Gasteiger partial charge in [0.05, 0.1) is 36.1 Å². The Hall–Kier alpha value is -3.43. The molecule has 210 valence electrons. The van der Waals surface area contributed by atoms with E-state index in [2.05, 4.69) is 0 Å². The van der Waals surface area contributed by atoms with Crippen LogP contribution in [0.1, 0.15) is 28.6 Å². The van der Waals surface area contributed by atoms with Crippen LogP contribution in [0.5, 0.6) is 0 Å². The SMILES string of the molecule is C[C@@H]1O[C@](O)(c2nc3ccccc3s2)[C@@H](OCc2ccccc2)[C@H](OCc2ccccc2)[C@@H]1OCc1ccccc1. The van der Waals surface area contributed by atoms with Gasteiger partial charge in [-0.25, -0.2) is 4.98 Å². The van der Waals surface area contributed by atoms with Gasteiger partial charge >= 0.3 is 0 Å². The van der Waals surface area contributed by atoms with Gasteiger partial charge in [-0.3, -0.25) is 0 Å². The summed E-state index contributed by atoms with van der Waals surface area (Å²) >= 11 is 1.40. The smallest absolute Gasteiger partial charge is 0.250 e. The van der Waals surface area contributed by atoms with Crippen LogP contribution < -0.4 is 0 Å². The van der Waals surface area contributed by atoms with E-state index in [0.717, 1.165) is 26.9 Å². The number of aromatic nitrogens is 1. The highest BCUT2D eigenvalue weighted by Gasteiger charge is 2.57. The lowest BCUT2D eigenvalue weighted by Gasteiger charge is -2.48. The Labute approximate surface area is 244 Å². The molecule has 41 heavy (non-hydrogen) atoms. The number of rotatable bonds is 10. The van der Waals surface area contributed by atoms with Crippen molar-refractivity contribution in [3.05, 3.63) is 137 Å². The molecule has 1 aromatic heterocycles. The summed E-state index contributed by atoms with van der Waals surface area (Å²) in [5, 5.41) is 12.8. The predicted molar refractivity (Wildman–Crippen MR) is 159 cm³/mol. The van der Waals surface area contributed by atoms with E-state index in [9.17, 15) is 5.11 Å². The number of benzene rings is 4. The molecule has 6 rings (SSSR count). The van der Waals surface area contributed by atoms with Crippen LogP contribution in [0.2, 0.25) is 0 Å². The number of thiazole rings is 1. The first-order chi connectivity index (χ1) is 20.1. The molecule has 0 unspecified atom stereocenters. The second kappa shape index (κ2) is 12.6. The van der Waals surface area contributed by atoms with Gasteiger partial charge in [0.15, 0.2) is 5.01 Å². The quantitative estimate of drug-likeness (QED) is 0.205. The number of nitrogens with zero attached hydrogens (tertiary/aromatic N) is 1. The standard InChI is InChI=1S/C34H33NO5S/c1-24-30(37-21-25-13-5-2-6-14-25)31(38-22-26-15-7-3-8-16-26)32(39-23-27-17-9-4-10-18-27)34(36,40-24)33-35-28-19-11-12-20-29(28)41-33/h2-20,24,30-32,36H,21-23H2,1H3/t24-,30+,31+,32-,34-/m0/s1. The Balaban J connectivity index is 1.37. The number of aliphatic hydroxyl groups is 1. The lowest BCUT2D eigenvalue weighted by atomic mass is 9.92. The number of hydrogen-bond acceptors (Lipinski definition) is 7. The van der Waals surface area contributed by atoms with Gasteiger partial charge < -0.3 is 24.1 Å². The normalized spacial score (nSPS) is 24.4. The fourth-order valence-corrected chi connectivity index (χ4v) is 6.22. The molecule has 5 aromatic rings. The minimum absolute atomic E-state index is 0.257. The van der Waals surface area contributed by atoms with Gasteiger partial charge in [-0.05, 0) is 35.7 Å². The molecule has 1 saturated heterocycles. The maximum Gasteiger partial charge on any atom is 0.250 e. The Bertz CT molecular complexity index is 1500. The minimum atomic E-state index is -1.86. The molecule has 1 aliphatic rings. The van der Waals surface area contributed by atoms with Crippen molar-refractivity contribution in [3.8, 4) is 0 Å². The molecular formula is C34H33NO5S. The summed E-state index contributed by atoms with van der Waals surface area (Å²) in [7, 11) is 0. The van der Waals surface area contributed by atoms with Gasteiger partial charge in [-0.1, -0.05) is 103 Å². The zero-order valence-corrected chi connectivity index (χ0v) is 23.7. The maximum absolute atomic E-state index is 12.4. The van der Waals surface area contributed by atoms with E-state index in [1.807, 2.05) is 122 Å². The highest BCUT2D eigenvalue weighted by Crippen LogP contribution is 2.43. The summed E-state index contributed by atoms with van der Waals surface area (Å²) in [4.78, 5) is 4.79. The summed E-state index contributed by atoms with van der Waals surface area (Å²) < 4.78 is 27.1. The zero-order valence-electron chi connectivity index (χ0n) is 22.8. The van der Waals surface area contributed by atoms with Crippen molar-refractivity contribution in [3.63, 3.8) is 0 Å². The highest BCUT2D eigenvalue weighted by atomic mass is 32.1. The highest BCUT2D eigenvalue weighted by molar-refractivity contribution is 7.18.